The molecule has 0 heterocycles. The van der Waals surface area contributed by atoms with Gasteiger partial charge in [0.05, 0.1) is 6.10 Å². The Morgan fingerprint density at radius 2 is 1.74 bits per heavy atom. The summed E-state index contributed by atoms with van der Waals surface area (Å²) in [5.74, 6) is 3.65. The molecule has 1 aromatic carbocycles. The number of aliphatic hydroxyl groups excluding tert-OH is 1. The minimum atomic E-state index is -1.30. The third kappa shape index (κ3) is 6.12. The first-order valence-electron chi connectivity index (χ1n) is 17.5. The fraction of sp³-hybridized carbons (Fsp3) is 0.789. The van der Waals surface area contributed by atoms with Gasteiger partial charge in [0.1, 0.15) is 5.82 Å². The molecule has 0 aliphatic heterocycles. The Morgan fingerprint density at radius 3 is 2.43 bits per heavy atom. The van der Waals surface area contributed by atoms with Crippen molar-refractivity contribution in [3.8, 4) is 0 Å². The molecule has 0 radical (unpaired) electrons. The molecule has 1 N–H and O–H groups in total. The largest absolute Gasteiger partial charge is 0.416 e. The van der Waals surface area contributed by atoms with Gasteiger partial charge in [-0.25, -0.2) is 4.39 Å². The molecular formula is C38H61FO2Si. The molecule has 3 saturated carbocycles. The monoisotopic (exact) mass is 596 g/mol. The van der Waals surface area contributed by atoms with Gasteiger partial charge in [-0.2, -0.15) is 0 Å². The second-order valence-corrected chi connectivity index (χ2v) is 21.1. The van der Waals surface area contributed by atoms with Crippen LogP contribution in [0.15, 0.2) is 35.9 Å². The first-order valence-corrected chi connectivity index (χ1v) is 19.2. The van der Waals surface area contributed by atoms with Gasteiger partial charge >= 0.3 is 0 Å². The fourth-order valence-corrected chi connectivity index (χ4v) is 14.4. The Morgan fingerprint density at radius 1 is 1.00 bits per heavy atom. The van der Waals surface area contributed by atoms with E-state index >= 15 is 0 Å². The second-order valence-electron chi connectivity index (χ2n) is 17.0. The molecule has 0 aromatic heterocycles. The highest BCUT2D eigenvalue weighted by Gasteiger charge is 2.59. The number of halogens is 1. The highest BCUT2D eigenvalue weighted by atomic mass is 28.3. The molecular weight excluding hydrogens is 536 g/mol. The van der Waals surface area contributed by atoms with E-state index in [2.05, 4.69) is 61.5 Å². The average Bonchev–Trinajstić information content (AvgIpc) is 3.28. The summed E-state index contributed by atoms with van der Waals surface area (Å²) in [6.07, 6.45) is 15.7. The molecule has 2 nitrogen and oxygen atoms in total. The number of rotatable bonds is 9. The van der Waals surface area contributed by atoms with Crippen molar-refractivity contribution >= 4 is 9.04 Å². The molecule has 4 aliphatic carbocycles. The Kier molecular flexibility index (Phi) is 9.60. The Labute approximate surface area is 259 Å². The van der Waals surface area contributed by atoms with Gasteiger partial charge in [0, 0.05) is 11.7 Å². The van der Waals surface area contributed by atoms with Crippen molar-refractivity contribution in [2.24, 2.45) is 40.4 Å². The van der Waals surface area contributed by atoms with E-state index in [0.29, 0.717) is 45.4 Å². The summed E-state index contributed by atoms with van der Waals surface area (Å²) in [5.41, 5.74) is 3.67. The van der Waals surface area contributed by atoms with E-state index in [1.165, 1.54) is 57.4 Å². The zero-order chi connectivity index (χ0) is 30.4. The van der Waals surface area contributed by atoms with Crippen LogP contribution in [0.2, 0.25) is 10.6 Å². The maximum absolute atomic E-state index is 14.1. The molecule has 0 saturated heterocycles. The van der Waals surface area contributed by atoms with Gasteiger partial charge in [0.25, 0.3) is 0 Å². The topological polar surface area (TPSA) is 29.5 Å². The van der Waals surface area contributed by atoms with Crippen molar-refractivity contribution in [3.63, 3.8) is 0 Å². The van der Waals surface area contributed by atoms with E-state index in [-0.39, 0.29) is 5.82 Å². The van der Waals surface area contributed by atoms with Crippen molar-refractivity contribution in [1.82, 2.24) is 0 Å². The zero-order valence-corrected chi connectivity index (χ0v) is 29.2. The minimum Gasteiger partial charge on any atom is -0.416 e. The van der Waals surface area contributed by atoms with Crippen LogP contribution >= 0.6 is 0 Å². The van der Waals surface area contributed by atoms with E-state index < -0.39 is 15.1 Å². The van der Waals surface area contributed by atoms with Gasteiger partial charge in [-0.15, -0.1) is 0 Å². The summed E-state index contributed by atoms with van der Waals surface area (Å²) in [5, 5.41) is 10.9. The number of hydrogen-bond acceptors (Lipinski definition) is 2. The maximum Gasteiger partial charge on any atom is 0.185 e. The van der Waals surface area contributed by atoms with E-state index in [1.54, 1.807) is 17.7 Å². The van der Waals surface area contributed by atoms with Gasteiger partial charge in [-0.1, -0.05) is 98.1 Å². The molecule has 2 unspecified atom stereocenters. The predicted octanol–water partition coefficient (Wildman–Crippen LogP) is 10.6. The summed E-state index contributed by atoms with van der Waals surface area (Å²) in [7, 11) is -1.30. The van der Waals surface area contributed by atoms with Gasteiger partial charge in [0.15, 0.2) is 9.04 Å². The van der Waals surface area contributed by atoms with Gasteiger partial charge < -0.3 is 9.53 Å². The van der Waals surface area contributed by atoms with Crippen LogP contribution in [0.3, 0.4) is 0 Å². The van der Waals surface area contributed by atoms with Crippen molar-refractivity contribution in [3.05, 3.63) is 47.3 Å². The number of benzene rings is 1. The highest BCUT2D eigenvalue weighted by Crippen LogP contribution is 2.67. The summed E-state index contributed by atoms with van der Waals surface area (Å²) >= 11 is 0. The van der Waals surface area contributed by atoms with Gasteiger partial charge in [-0.3, -0.25) is 0 Å². The van der Waals surface area contributed by atoms with E-state index in [0.717, 1.165) is 36.5 Å². The average molecular weight is 597 g/mol. The molecule has 1 aromatic rings. The molecule has 0 bridgehead atoms. The second kappa shape index (κ2) is 12.4. The van der Waals surface area contributed by atoms with Crippen LogP contribution in [0.25, 0.3) is 0 Å². The Bertz CT molecular complexity index is 1110. The van der Waals surface area contributed by atoms with Crippen LogP contribution in [0.1, 0.15) is 138 Å². The van der Waals surface area contributed by atoms with E-state index in [1.807, 2.05) is 6.07 Å². The standard InChI is InChI=1S/C38H61FO2Si/c1-25(2)42(36(4,5)6)41-28-20-22-37(7)27(24-28)16-17-29-32-19-18-31(38(32,8)23-21-33(29)37)26(3)12-11-15-35(40)30-13-9-10-14-34(30)39/h9-10,13-14,16,25-26,28-29,31-33,35,40,42H,11-12,15,17-24H2,1-8H3/t26-,28+,29+,31-,32+,33+,35?,37+,38-,42?/m1/s1. The zero-order valence-electron chi connectivity index (χ0n) is 28.1. The first kappa shape index (κ1) is 32.4. The molecule has 236 valence electrons. The lowest BCUT2D eigenvalue weighted by Gasteiger charge is -2.58. The lowest BCUT2D eigenvalue weighted by Crippen LogP contribution is -2.51. The van der Waals surface area contributed by atoms with Crippen LogP contribution < -0.4 is 0 Å². The number of fused-ring (bicyclic) bond motifs is 5. The van der Waals surface area contributed by atoms with Crippen molar-refractivity contribution in [2.45, 2.75) is 149 Å². The van der Waals surface area contributed by atoms with Crippen molar-refractivity contribution in [2.75, 3.05) is 0 Å². The van der Waals surface area contributed by atoms with Crippen molar-refractivity contribution < 1.29 is 13.9 Å². The summed E-state index contributed by atoms with van der Waals surface area (Å²) in [4.78, 5) is 0. The van der Waals surface area contributed by atoms with Crippen LogP contribution in [-0.2, 0) is 4.43 Å². The van der Waals surface area contributed by atoms with Gasteiger partial charge in [-0.05, 0) is 115 Å². The smallest absolute Gasteiger partial charge is 0.185 e. The summed E-state index contributed by atoms with van der Waals surface area (Å²) < 4.78 is 21.2. The third-order valence-electron chi connectivity index (χ3n) is 13.0. The Balaban J connectivity index is 1.21. The quantitative estimate of drug-likeness (QED) is 0.227. The fourth-order valence-electron chi connectivity index (χ4n) is 11.0. The SMILES string of the molecule is CC(C)[SiH](O[C@H]1CC[C@@]2(C)C(=CC[C@H]3[C@@H]4CC[C@H]([C@H](C)CCCC(O)c5ccccc5F)[C@@]4(C)CC[C@@H]32)C1)C(C)(C)C. The number of aliphatic hydroxyl groups is 1. The van der Waals surface area contributed by atoms with E-state index in [9.17, 15) is 9.50 Å². The molecule has 0 amide bonds. The number of hydrogen-bond donors (Lipinski definition) is 1. The van der Waals surface area contributed by atoms with E-state index in [4.69, 9.17) is 4.43 Å². The summed E-state index contributed by atoms with van der Waals surface area (Å²) in [6, 6.07) is 6.70. The lowest BCUT2D eigenvalue weighted by molar-refractivity contribution is -0.0564. The molecule has 4 aliphatic rings. The molecule has 5 rings (SSSR count). The van der Waals surface area contributed by atoms with Gasteiger partial charge in [0.2, 0.25) is 0 Å². The van der Waals surface area contributed by atoms with Crippen LogP contribution in [0.4, 0.5) is 4.39 Å². The lowest BCUT2D eigenvalue weighted by atomic mass is 9.47. The van der Waals surface area contributed by atoms with Crippen molar-refractivity contribution in [1.29, 1.82) is 0 Å². The van der Waals surface area contributed by atoms with Crippen LogP contribution in [0.5, 0.6) is 0 Å². The molecule has 10 atom stereocenters. The van der Waals surface area contributed by atoms with Crippen LogP contribution in [0, 0.1) is 46.2 Å². The summed E-state index contributed by atoms with van der Waals surface area (Å²) in [6.45, 7) is 19.7. The van der Waals surface area contributed by atoms with Crippen LogP contribution in [-0.4, -0.2) is 20.3 Å². The first-order chi connectivity index (χ1) is 19.8. The molecule has 42 heavy (non-hydrogen) atoms. The minimum absolute atomic E-state index is 0.285. The molecule has 3 fully saturated rings. The highest BCUT2D eigenvalue weighted by molar-refractivity contribution is 6.56. The molecule has 4 heteroatoms. The molecule has 0 spiro atoms. The number of allylic oxidation sites excluding steroid dienone is 1. The third-order valence-corrected chi connectivity index (χ3v) is 16.6. The predicted molar refractivity (Wildman–Crippen MR) is 176 cm³/mol. The maximum atomic E-state index is 14.1. The Hall–Kier alpha value is -0.973. The normalized spacial score (nSPS) is 36.9.